The van der Waals surface area contributed by atoms with Gasteiger partial charge in [-0.25, -0.2) is 8.42 Å². The van der Waals surface area contributed by atoms with E-state index in [0.717, 1.165) is 6.07 Å². The van der Waals surface area contributed by atoms with Crippen LogP contribution in [-0.2, 0) is 21.9 Å². The minimum absolute atomic E-state index is 0.127. The molecule has 1 aromatic heterocycles. The molecule has 1 amide bonds. The van der Waals surface area contributed by atoms with Gasteiger partial charge in [-0.1, -0.05) is 0 Å². The first-order chi connectivity index (χ1) is 9.72. The molecule has 0 bridgehead atoms. The fourth-order valence-electron chi connectivity index (χ4n) is 1.59. The van der Waals surface area contributed by atoms with E-state index in [4.69, 9.17) is 11.5 Å². The molecule has 0 aromatic carbocycles. The Labute approximate surface area is 122 Å². The highest BCUT2D eigenvalue weighted by molar-refractivity contribution is 7.89. The van der Waals surface area contributed by atoms with Crippen molar-refractivity contribution in [1.82, 2.24) is 14.6 Å². The molecular formula is C12H15N3O5S. The van der Waals surface area contributed by atoms with Crippen LogP contribution in [-0.4, -0.2) is 43.1 Å². The van der Waals surface area contributed by atoms with Crippen LogP contribution < -0.4 is 10.0 Å². The lowest BCUT2D eigenvalue weighted by atomic mass is 10.2. The summed E-state index contributed by atoms with van der Waals surface area (Å²) < 4.78 is 27.5. The van der Waals surface area contributed by atoms with Gasteiger partial charge < -0.3 is 15.0 Å². The Morgan fingerprint density at radius 2 is 2.14 bits per heavy atom. The molecule has 114 valence electrons. The number of amides is 1. The lowest BCUT2D eigenvalue weighted by Gasteiger charge is -2.11. The highest BCUT2D eigenvalue weighted by Gasteiger charge is 2.26. The molecule has 0 saturated carbocycles. The van der Waals surface area contributed by atoms with E-state index in [0.29, 0.717) is 0 Å². The number of carbonyl (C=O) groups is 2. The normalized spacial score (nSPS) is 12.4. The molecule has 0 fully saturated rings. The van der Waals surface area contributed by atoms with Gasteiger partial charge in [-0.3, -0.25) is 9.59 Å². The van der Waals surface area contributed by atoms with Gasteiger partial charge in [-0.05, 0) is 6.07 Å². The number of carbonyl (C=O) groups excluding carboxylic acids is 1. The second-order valence-electron chi connectivity index (χ2n) is 4.17. The molecular weight excluding hydrogens is 298 g/mol. The Kier molecular flexibility index (Phi) is 5.12. The Bertz CT molecular complexity index is 699. The number of aliphatic carboxylic acids is 1. The largest absolute Gasteiger partial charge is 0.480 e. The van der Waals surface area contributed by atoms with Crippen molar-refractivity contribution >= 4 is 21.9 Å². The summed E-state index contributed by atoms with van der Waals surface area (Å²) >= 11 is 0. The molecule has 0 saturated heterocycles. The number of terminal acetylenes is 1. The summed E-state index contributed by atoms with van der Waals surface area (Å²) in [6.45, 7) is 0. The number of sulfonamides is 1. The van der Waals surface area contributed by atoms with Gasteiger partial charge in [0, 0.05) is 26.7 Å². The lowest BCUT2D eigenvalue weighted by Crippen LogP contribution is -2.40. The van der Waals surface area contributed by atoms with Crippen molar-refractivity contribution in [2.24, 2.45) is 7.05 Å². The third-order valence-electron chi connectivity index (χ3n) is 2.67. The molecule has 1 heterocycles. The molecule has 21 heavy (non-hydrogen) atoms. The fraction of sp³-hybridized carbons (Fsp3) is 0.333. The van der Waals surface area contributed by atoms with Crippen LogP contribution in [0.25, 0.3) is 0 Å². The fourth-order valence-corrected chi connectivity index (χ4v) is 2.85. The Morgan fingerprint density at radius 3 is 2.62 bits per heavy atom. The van der Waals surface area contributed by atoms with E-state index in [1.807, 2.05) is 4.72 Å². The van der Waals surface area contributed by atoms with Crippen molar-refractivity contribution in [3.63, 3.8) is 0 Å². The number of carboxylic acid groups (broad SMARTS) is 1. The summed E-state index contributed by atoms with van der Waals surface area (Å²) in [5, 5.41) is 11.3. The van der Waals surface area contributed by atoms with Gasteiger partial charge in [0.2, 0.25) is 10.0 Å². The van der Waals surface area contributed by atoms with Crippen LogP contribution in [0.5, 0.6) is 0 Å². The summed E-state index contributed by atoms with van der Waals surface area (Å²) in [7, 11) is -1.19. The van der Waals surface area contributed by atoms with Crippen LogP contribution in [0.15, 0.2) is 17.2 Å². The molecule has 1 aromatic rings. The third-order valence-corrected chi connectivity index (χ3v) is 4.11. The summed E-state index contributed by atoms with van der Waals surface area (Å²) in [4.78, 5) is 22.3. The number of rotatable bonds is 6. The Hall–Kier alpha value is -2.31. The van der Waals surface area contributed by atoms with Gasteiger partial charge in [0.25, 0.3) is 5.91 Å². The van der Waals surface area contributed by atoms with Crippen LogP contribution in [0.2, 0.25) is 0 Å². The molecule has 9 heteroatoms. The SMILES string of the molecule is C#CCC(NS(=O)(=O)c1cc(C(=O)NC)n(C)c1)C(=O)O. The predicted octanol–water partition coefficient (Wildman–Crippen LogP) is -0.860. The average molecular weight is 313 g/mol. The summed E-state index contributed by atoms with van der Waals surface area (Å²) in [5.41, 5.74) is 0.127. The van der Waals surface area contributed by atoms with Crippen LogP contribution in [0.1, 0.15) is 16.9 Å². The molecule has 0 aliphatic rings. The molecule has 3 N–H and O–H groups in total. The molecule has 0 aliphatic carbocycles. The summed E-state index contributed by atoms with van der Waals surface area (Å²) in [6.07, 6.45) is 5.93. The number of nitrogens with one attached hydrogen (secondary N) is 2. The van der Waals surface area contributed by atoms with E-state index < -0.39 is 27.9 Å². The number of hydrogen-bond acceptors (Lipinski definition) is 4. The average Bonchev–Trinajstić information content (AvgIpc) is 2.80. The summed E-state index contributed by atoms with van der Waals surface area (Å²) in [5.74, 6) is 0.253. The number of carboxylic acids is 1. The van der Waals surface area contributed by atoms with Gasteiger partial charge in [0.05, 0.1) is 0 Å². The maximum absolute atomic E-state index is 12.1. The third kappa shape index (κ3) is 3.84. The van der Waals surface area contributed by atoms with Crippen LogP contribution in [0.4, 0.5) is 0 Å². The molecule has 0 radical (unpaired) electrons. The maximum Gasteiger partial charge on any atom is 0.322 e. The zero-order valence-corrected chi connectivity index (χ0v) is 12.3. The zero-order chi connectivity index (χ0) is 16.2. The van der Waals surface area contributed by atoms with Crippen molar-refractivity contribution in [3.8, 4) is 12.3 Å². The Balaban J connectivity index is 3.12. The van der Waals surface area contributed by atoms with Crippen molar-refractivity contribution in [3.05, 3.63) is 18.0 Å². The quantitative estimate of drug-likeness (QED) is 0.591. The standard InChI is InChI=1S/C12H15N3O5S/c1-4-5-9(12(17)18)14-21(19,20)8-6-10(11(16)13-2)15(3)7-8/h1,6-7,9,14H,5H2,2-3H3,(H,13,16)(H,17,18). The van der Waals surface area contributed by atoms with E-state index in [-0.39, 0.29) is 17.0 Å². The zero-order valence-electron chi connectivity index (χ0n) is 11.5. The number of nitrogens with zero attached hydrogens (tertiary/aromatic N) is 1. The molecule has 0 spiro atoms. The highest BCUT2D eigenvalue weighted by Crippen LogP contribution is 2.14. The van der Waals surface area contributed by atoms with E-state index in [9.17, 15) is 18.0 Å². The number of aromatic nitrogens is 1. The van der Waals surface area contributed by atoms with E-state index in [1.165, 1.54) is 24.9 Å². The smallest absolute Gasteiger partial charge is 0.322 e. The van der Waals surface area contributed by atoms with Crippen molar-refractivity contribution < 1.29 is 23.1 Å². The van der Waals surface area contributed by atoms with Gasteiger partial charge in [0.15, 0.2) is 0 Å². The first kappa shape index (κ1) is 16.7. The van der Waals surface area contributed by atoms with Gasteiger partial charge >= 0.3 is 5.97 Å². The minimum Gasteiger partial charge on any atom is -0.480 e. The van der Waals surface area contributed by atoms with E-state index in [1.54, 1.807) is 0 Å². The number of aryl methyl sites for hydroxylation is 1. The second-order valence-corrected chi connectivity index (χ2v) is 5.89. The van der Waals surface area contributed by atoms with Crippen LogP contribution >= 0.6 is 0 Å². The second kappa shape index (κ2) is 6.43. The van der Waals surface area contributed by atoms with Crippen LogP contribution in [0.3, 0.4) is 0 Å². The topological polar surface area (TPSA) is 117 Å². The first-order valence-electron chi connectivity index (χ1n) is 5.80. The highest BCUT2D eigenvalue weighted by atomic mass is 32.2. The van der Waals surface area contributed by atoms with Gasteiger partial charge in [-0.15, -0.1) is 12.3 Å². The lowest BCUT2D eigenvalue weighted by molar-refractivity contribution is -0.138. The molecule has 1 rings (SSSR count). The van der Waals surface area contributed by atoms with Crippen molar-refractivity contribution in [2.45, 2.75) is 17.4 Å². The maximum atomic E-state index is 12.1. The van der Waals surface area contributed by atoms with E-state index in [2.05, 4.69) is 11.2 Å². The van der Waals surface area contributed by atoms with Gasteiger partial charge in [-0.2, -0.15) is 4.72 Å². The molecule has 1 unspecified atom stereocenters. The van der Waals surface area contributed by atoms with Crippen molar-refractivity contribution in [2.75, 3.05) is 7.05 Å². The van der Waals surface area contributed by atoms with Crippen LogP contribution in [0, 0.1) is 12.3 Å². The predicted molar refractivity (Wildman–Crippen MR) is 74.0 cm³/mol. The molecule has 8 nitrogen and oxygen atoms in total. The summed E-state index contributed by atoms with van der Waals surface area (Å²) in [6, 6.07) is -0.278. The van der Waals surface area contributed by atoms with E-state index >= 15 is 0 Å². The van der Waals surface area contributed by atoms with Crippen molar-refractivity contribution in [1.29, 1.82) is 0 Å². The number of hydrogen-bond donors (Lipinski definition) is 3. The Morgan fingerprint density at radius 1 is 1.52 bits per heavy atom. The minimum atomic E-state index is -4.10. The molecule has 0 aliphatic heterocycles. The van der Waals surface area contributed by atoms with Gasteiger partial charge in [0.1, 0.15) is 16.6 Å². The monoisotopic (exact) mass is 313 g/mol. The molecule has 1 atom stereocenters. The first-order valence-corrected chi connectivity index (χ1v) is 7.28.